The third-order valence-electron chi connectivity index (χ3n) is 10.3. The van der Waals surface area contributed by atoms with Crippen molar-refractivity contribution in [3.63, 3.8) is 0 Å². The molecule has 1 nitrogen and oxygen atoms in total. The van der Waals surface area contributed by atoms with Crippen molar-refractivity contribution in [2.45, 2.75) is 6.92 Å². The maximum atomic E-state index is 6.28. The zero-order valence-corrected chi connectivity index (χ0v) is 27.7. The smallest absolute Gasteiger partial charge is 0.135 e. The van der Waals surface area contributed by atoms with E-state index in [1.807, 2.05) is 6.07 Å². The second-order valence-electron chi connectivity index (χ2n) is 13.3. The van der Waals surface area contributed by atoms with Crippen LogP contribution in [0.4, 0.5) is 0 Å². The van der Waals surface area contributed by atoms with E-state index in [1.165, 1.54) is 76.8 Å². The largest absolute Gasteiger partial charge is 0.456 e. The molecule has 0 atom stereocenters. The molecule has 9 aromatic carbocycles. The first-order valence-electron chi connectivity index (χ1n) is 17.3. The number of fused-ring (bicyclic) bond motifs is 6. The lowest BCUT2D eigenvalue weighted by molar-refractivity contribution is 0.669. The summed E-state index contributed by atoms with van der Waals surface area (Å²) < 4.78 is 6.28. The molecule has 1 heterocycles. The van der Waals surface area contributed by atoms with E-state index in [2.05, 4.69) is 177 Å². The summed E-state index contributed by atoms with van der Waals surface area (Å²) in [7, 11) is 0. The van der Waals surface area contributed by atoms with E-state index in [4.69, 9.17) is 4.42 Å². The number of benzene rings is 9. The van der Waals surface area contributed by atoms with Crippen molar-refractivity contribution < 1.29 is 4.42 Å². The molecule has 0 bridgehead atoms. The van der Waals surface area contributed by atoms with Crippen LogP contribution in [0, 0.1) is 6.92 Å². The summed E-state index contributed by atoms with van der Waals surface area (Å²) in [4.78, 5) is 0. The average molecular weight is 637 g/mol. The van der Waals surface area contributed by atoms with Crippen molar-refractivity contribution in [2.75, 3.05) is 0 Å². The molecule has 0 amide bonds. The van der Waals surface area contributed by atoms with Crippen LogP contribution in [-0.2, 0) is 0 Å². The highest BCUT2D eigenvalue weighted by Crippen LogP contribution is 2.50. The van der Waals surface area contributed by atoms with Gasteiger partial charge in [-0.25, -0.2) is 0 Å². The molecule has 0 N–H and O–H groups in total. The number of hydrogen-bond acceptors (Lipinski definition) is 1. The second kappa shape index (κ2) is 11.3. The Kier molecular flexibility index (Phi) is 6.47. The van der Waals surface area contributed by atoms with Crippen molar-refractivity contribution in [2.24, 2.45) is 0 Å². The molecular weight excluding hydrogens is 605 g/mol. The molecule has 0 unspecified atom stereocenters. The normalized spacial score (nSPS) is 11.7. The molecule has 0 saturated heterocycles. The summed E-state index contributed by atoms with van der Waals surface area (Å²) in [6.45, 7) is 2.18. The van der Waals surface area contributed by atoms with Gasteiger partial charge >= 0.3 is 0 Å². The van der Waals surface area contributed by atoms with Crippen LogP contribution in [0.1, 0.15) is 5.56 Å². The van der Waals surface area contributed by atoms with E-state index in [-0.39, 0.29) is 0 Å². The summed E-state index contributed by atoms with van der Waals surface area (Å²) in [5.74, 6) is 0. The number of furan rings is 1. The Labute approximate surface area is 290 Å². The lowest BCUT2D eigenvalue weighted by atomic mass is 9.80. The van der Waals surface area contributed by atoms with Crippen LogP contribution in [0.15, 0.2) is 180 Å². The van der Waals surface area contributed by atoms with Crippen LogP contribution in [0.25, 0.3) is 98.8 Å². The first-order valence-corrected chi connectivity index (χ1v) is 17.3. The molecule has 0 fully saturated rings. The highest BCUT2D eigenvalue weighted by molar-refractivity contribution is 6.24. The molecule has 50 heavy (non-hydrogen) atoms. The monoisotopic (exact) mass is 636 g/mol. The molecular formula is C49H32O. The van der Waals surface area contributed by atoms with Gasteiger partial charge in [0.2, 0.25) is 0 Å². The Hall–Kier alpha value is -6.44. The van der Waals surface area contributed by atoms with Crippen molar-refractivity contribution in [1.29, 1.82) is 0 Å². The minimum absolute atomic E-state index is 0.903. The molecule has 0 aliphatic heterocycles. The van der Waals surface area contributed by atoms with Crippen molar-refractivity contribution >= 4 is 54.3 Å². The number of hydrogen-bond donors (Lipinski definition) is 0. The van der Waals surface area contributed by atoms with Crippen molar-refractivity contribution in [1.82, 2.24) is 0 Å². The van der Waals surface area contributed by atoms with Gasteiger partial charge in [-0.3, -0.25) is 0 Å². The number of aryl methyl sites for hydroxylation is 1. The van der Waals surface area contributed by atoms with Gasteiger partial charge in [0.05, 0.1) is 0 Å². The first-order chi connectivity index (χ1) is 24.7. The van der Waals surface area contributed by atoms with E-state index < -0.39 is 0 Å². The van der Waals surface area contributed by atoms with Crippen LogP contribution in [0.3, 0.4) is 0 Å². The first kappa shape index (κ1) is 28.6. The van der Waals surface area contributed by atoms with Gasteiger partial charge in [0.1, 0.15) is 11.2 Å². The van der Waals surface area contributed by atoms with Crippen LogP contribution >= 0.6 is 0 Å². The molecule has 0 saturated carbocycles. The fourth-order valence-electron chi connectivity index (χ4n) is 8.15. The predicted molar refractivity (Wildman–Crippen MR) is 213 cm³/mol. The van der Waals surface area contributed by atoms with Gasteiger partial charge in [-0.05, 0) is 102 Å². The van der Waals surface area contributed by atoms with Gasteiger partial charge in [0.15, 0.2) is 0 Å². The third kappa shape index (κ3) is 4.41. The van der Waals surface area contributed by atoms with Crippen molar-refractivity contribution in [3.8, 4) is 44.5 Å². The Bertz CT molecular complexity index is 2880. The average Bonchev–Trinajstić information content (AvgIpc) is 3.54. The predicted octanol–water partition coefficient (Wildman–Crippen LogP) is 14.0. The molecule has 1 heteroatoms. The van der Waals surface area contributed by atoms with Crippen LogP contribution in [0.2, 0.25) is 0 Å². The Balaban J connectivity index is 1.38. The molecule has 0 aliphatic carbocycles. The Morgan fingerprint density at radius 1 is 0.320 bits per heavy atom. The molecule has 10 aromatic rings. The number of rotatable bonds is 4. The Morgan fingerprint density at radius 2 is 0.880 bits per heavy atom. The van der Waals surface area contributed by atoms with Crippen molar-refractivity contribution in [3.05, 3.63) is 181 Å². The summed E-state index contributed by atoms with van der Waals surface area (Å²) in [5, 5.41) is 9.73. The van der Waals surface area contributed by atoms with Crippen LogP contribution < -0.4 is 0 Å². The van der Waals surface area contributed by atoms with Gasteiger partial charge in [-0.15, -0.1) is 0 Å². The lowest BCUT2D eigenvalue weighted by Gasteiger charge is -2.23. The minimum Gasteiger partial charge on any atom is -0.456 e. The SMILES string of the molecule is Cc1cccc(-c2c3ccccc3c(-c3c(-c4ccc5oc6ccccc6c5c4)cccc3-c3cccc4ccccc34)c3ccccc23)c1. The van der Waals surface area contributed by atoms with Crippen LogP contribution in [0.5, 0.6) is 0 Å². The molecule has 0 spiro atoms. The number of para-hydroxylation sites is 1. The zero-order valence-electron chi connectivity index (χ0n) is 27.7. The highest BCUT2D eigenvalue weighted by atomic mass is 16.3. The van der Waals surface area contributed by atoms with E-state index in [1.54, 1.807) is 0 Å². The zero-order chi connectivity index (χ0) is 33.2. The fourth-order valence-corrected chi connectivity index (χ4v) is 8.15. The quantitative estimate of drug-likeness (QED) is 0.175. The van der Waals surface area contributed by atoms with E-state index in [0.717, 1.165) is 27.5 Å². The summed E-state index contributed by atoms with van der Waals surface area (Å²) in [6, 6.07) is 64.1. The van der Waals surface area contributed by atoms with Gasteiger partial charge in [-0.2, -0.15) is 0 Å². The van der Waals surface area contributed by atoms with E-state index in [9.17, 15) is 0 Å². The van der Waals surface area contributed by atoms with Gasteiger partial charge in [-0.1, -0.05) is 163 Å². The van der Waals surface area contributed by atoms with E-state index in [0.29, 0.717) is 0 Å². The molecule has 1 aromatic heterocycles. The van der Waals surface area contributed by atoms with Crippen LogP contribution in [-0.4, -0.2) is 0 Å². The second-order valence-corrected chi connectivity index (χ2v) is 13.3. The van der Waals surface area contributed by atoms with Gasteiger partial charge in [0.25, 0.3) is 0 Å². The summed E-state index contributed by atoms with van der Waals surface area (Å²) in [5.41, 5.74) is 12.9. The minimum atomic E-state index is 0.903. The maximum Gasteiger partial charge on any atom is 0.135 e. The topological polar surface area (TPSA) is 13.1 Å². The van der Waals surface area contributed by atoms with E-state index >= 15 is 0 Å². The van der Waals surface area contributed by atoms with Gasteiger partial charge in [0, 0.05) is 10.8 Å². The standard InChI is InChI=1S/C49H32O/c1-31-13-10-16-34(29-31)47-40-19-4-6-21-42(40)49(43-22-7-5-20-41(43)47)48-36(33-27-28-46-44(30-33)38-18-8-9-26-45(38)50-46)23-12-25-39(48)37-24-11-15-32-14-2-3-17-35(32)37/h2-30H,1H3. The summed E-state index contributed by atoms with van der Waals surface area (Å²) in [6.07, 6.45) is 0. The molecule has 234 valence electrons. The lowest BCUT2D eigenvalue weighted by Crippen LogP contribution is -1.96. The summed E-state index contributed by atoms with van der Waals surface area (Å²) >= 11 is 0. The third-order valence-corrected chi connectivity index (χ3v) is 10.3. The van der Waals surface area contributed by atoms with Gasteiger partial charge < -0.3 is 4.42 Å². The Morgan fingerprint density at radius 3 is 1.64 bits per heavy atom. The molecule has 0 radical (unpaired) electrons. The fraction of sp³-hybridized carbons (Fsp3) is 0.0204. The molecule has 0 aliphatic rings. The highest BCUT2D eigenvalue weighted by Gasteiger charge is 2.23. The maximum absolute atomic E-state index is 6.28. The molecule has 10 rings (SSSR count).